The van der Waals surface area contributed by atoms with Crippen molar-refractivity contribution in [2.45, 2.75) is 24.3 Å². The maximum absolute atomic E-state index is 13.6. The first-order valence-corrected chi connectivity index (χ1v) is 13.3. The lowest BCUT2D eigenvalue weighted by atomic mass is 10.1. The lowest BCUT2D eigenvalue weighted by Gasteiger charge is -2.24. The van der Waals surface area contributed by atoms with Crippen LogP contribution in [0.1, 0.15) is 24.1 Å². The molecule has 0 aliphatic rings. The Balaban J connectivity index is 1.83. The van der Waals surface area contributed by atoms with E-state index in [1.54, 1.807) is 0 Å². The Morgan fingerprint density at radius 2 is 1.63 bits per heavy atom. The van der Waals surface area contributed by atoms with Gasteiger partial charge in [0, 0.05) is 17.1 Å². The van der Waals surface area contributed by atoms with Crippen molar-refractivity contribution in [3.8, 4) is 11.5 Å². The van der Waals surface area contributed by atoms with Gasteiger partial charge in [-0.1, -0.05) is 58.4 Å². The van der Waals surface area contributed by atoms with Crippen LogP contribution >= 0.6 is 15.9 Å². The zero-order valence-corrected chi connectivity index (χ0v) is 22.3. The van der Waals surface area contributed by atoms with Crippen molar-refractivity contribution in [3.05, 3.63) is 88.4 Å². The molecule has 0 saturated heterocycles. The fraction of sp³-hybridized carbons (Fsp3) is 0.269. The van der Waals surface area contributed by atoms with Gasteiger partial charge in [-0.05, 0) is 48.7 Å². The van der Waals surface area contributed by atoms with Crippen LogP contribution in [-0.4, -0.2) is 45.9 Å². The lowest BCUT2D eigenvalue weighted by Crippen LogP contribution is -2.42. The van der Waals surface area contributed by atoms with E-state index in [9.17, 15) is 13.2 Å². The van der Waals surface area contributed by atoms with Gasteiger partial charge in [-0.2, -0.15) is 4.31 Å². The second-order valence-corrected chi connectivity index (χ2v) is 10.8. The fourth-order valence-electron chi connectivity index (χ4n) is 3.59. The Morgan fingerprint density at radius 3 is 2.26 bits per heavy atom. The number of carbonyl (C=O) groups is 1. The standard InChI is InChI=1S/C26H29BrN2O5S/c1-19(21-9-11-22(27)12-10-21)28-26(30)18-29(16-15-20-7-5-4-6-8-20)35(31,32)23-13-14-24(33-2)25(17-23)34-3/h4-14,17,19H,15-16,18H2,1-3H3,(H,28,30)/t19-/m1/s1. The highest BCUT2D eigenvalue weighted by Crippen LogP contribution is 2.30. The van der Waals surface area contributed by atoms with E-state index >= 15 is 0 Å². The molecule has 35 heavy (non-hydrogen) atoms. The largest absolute Gasteiger partial charge is 0.493 e. The molecule has 0 heterocycles. The van der Waals surface area contributed by atoms with Gasteiger partial charge in [0.05, 0.1) is 31.7 Å². The number of nitrogens with one attached hydrogen (secondary N) is 1. The maximum atomic E-state index is 13.6. The van der Waals surface area contributed by atoms with E-state index in [2.05, 4.69) is 21.2 Å². The Kier molecular flexibility index (Phi) is 9.31. The van der Waals surface area contributed by atoms with E-state index in [-0.39, 0.29) is 24.0 Å². The van der Waals surface area contributed by atoms with E-state index in [4.69, 9.17) is 9.47 Å². The predicted molar refractivity (Wildman–Crippen MR) is 139 cm³/mol. The number of hydrogen-bond donors (Lipinski definition) is 1. The first-order chi connectivity index (χ1) is 16.7. The zero-order valence-electron chi connectivity index (χ0n) is 19.9. The summed E-state index contributed by atoms with van der Waals surface area (Å²) in [7, 11) is -1.08. The molecule has 3 aromatic carbocycles. The minimum Gasteiger partial charge on any atom is -0.493 e. The molecule has 0 aliphatic heterocycles. The van der Waals surface area contributed by atoms with E-state index in [1.165, 1.54) is 36.7 Å². The fourth-order valence-corrected chi connectivity index (χ4v) is 5.27. The number of rotatable bonds is 11. The monoisotopic (exact) mass is 560 g/mol. The third kappa shape index (κ3) is 7.06. The number of halogens is 1. The predicted octanol–water partition coefficient (Wildman–Crippen LogP) is 4.58. The van der Waals surface area contributed by atoms with E-state index in [1.807, 2.05) is 61.5 Å². The van der Waals surface area contributed by atoms with Crippen LogP contribution in [0.4, 0.5) is 0 Å². The van der Waals surface area contributed by atoms with Gasteiger partial charge in [-0.15, -0.1) is 0 Å². The van der Waals surface area contributed by atoms with Crippen molar-refractivity contribution < 1.29 is 22.7 Å². The van der Waals surface area contributed by atoms with Crippen molar-refractivity contribution in [2.75, 3.05) is 27.3 Å². The number of amides is 1. The molecule has 0 bridgehead atoms. The average Bonchev–Trinajstić information content (AvgIpc) is 2.86. The Morgan fingerprint density at radius 1 is 0.971 bits per heavy atom. The minimum atomic E-state index is -4.00. The van der Waals surface area contributed by atoms with Crippen LogP contribution in [0.3, 0.4) is 0 Å². The number of benzene rings is 3. The van der Waals surface area contributed by atoms with Crippen LogP contribution in [0.2, 0.25) is 0 Å². The third-order valence-electron chi connectivity index (χ3n) is 5.55. The summed E-state index contributed by atoms with van der Waals surface area (Å²) in [6.07, 6.45) is 0.461. The summed E-state index contributed by atoms with van der Waals surface area (Å²) < 4.78 is 39.8. The molecule has 0 spiro atoms. The number of methoxy groups -OCH3 is 2. The van der Waals surface area contributed by atoms with Crippen molar-refractivity contribution in [1.29, 1.82) is 0 Å². The number of sulfonamides is 1. The van der Waals surface area contributed by atoms with Gasteiger partial charge >= 0.3 is 0 Å². The molecule has 0 fully saturated rings. The molecule has 0 saturated carbocycles. The van der Waals surface area contributed by atoms with Crippen LogP contribution < -0.4 is 14.8 Å². The molecule has 1 amide bonds. The van der Waals surface area contributed by atoms with Gasteiger partial charge < -0.3 is 14.8 Å². The van der Waals surface area contributed by atoms with Crippen LogP contribution in [0.5, 0.6) is 11.5 Å². The van der Waals surface area contributed by atoms with Crippen LogP contribution in [0, 0.1) is 0 Å². The molecule has 0 unspecified atom stereocenters. The molecule has 3 aromatic rings. The summed E-state index contributed by atoms with van der Waals surface area (Å²) in [5.74, 6) is 0.325. The molecule has 1 atom stereocenters. The molecule has 186 valence electrons. The maximum Gasteiger partial charge on any atom is 0.243 e. The summed E-state index contributed by atoms with van der Waals surface area (Å²) >= 11 is 3.40. The molecule has 3 rings (SSSR count). The number of ether oxygens (including phenoxy) is 2. The molecule has 0 aromatic heterocycles. The van der Waals surface area contributed by atoms with Crippen LogP contribution in [0.25, 0.3) is 0 Å². The molecule has 1 N–H and O–H groups in total. The van der Waals surface area contributed by atoms with Gasteiger partial charge in [-0.25, -0.2) is 8.42 Å². The molecule has 0 aliphatic carbocycles. The number of hydrogen-bond acceptors (Lipinski definition) is 5. The lowest BCUT2D eigenvalue weighted by molar-refractivity contribution is -0.121. The zero-order chi connectivity index (χ0) is 25.4. The highest BCUT2D eigenvalue weighted by molar-refractivity contribution is 9.10. The van der Waals surface area contributed by atoms with Crippen LogP contribution in [-0.2, 0) is 21.2 Å². The van der Waals surface area contributed by atoms with Crippen molar-refractivity contribution in [1.82, 2.24) is 9.62 Å². The quantitative estimate of drug-likeness (QED) is 0.371. The van der Waals surface area contributed by atoms with E-state index in [0.717, 1.165) is 15.6 Å². The summed E-state index contributed by atoms with van der Waals surface area (Å²) in [6.45, 7) is 1.68. The highest BCUT2D eigenvalue weighted by Gasteiger charge is 2.28. The van der Waals surface area contributed by atoms with Gasteiger partial charge in [0.2, 0.25) is 15.9 Å². The van der Waals surface area contributed by atoms with Crippen molar-refractivity contribution in [2.24, 2.45) is 0 Å². The second kappa shape index (κ2) is 12.2. The minimum absolute atomic E-state index is 0.0250. The van der Waals surface area contributed by atoms with Crippen molar-refractivity contribution >= 4 is 31.9 Å². The molecule has 9 heteroatoms. The van der Waals surface area contributed by atoms with Gasteiger partial charge in [-0.3, -0.25) is 4.79 Å². The SMILES string of the molecule is COc1ccc(S(=O)(=O)N(CCc2ccccc2)CC(=O)N[C@H](C)c2ccc(Br)cc2)cc1OC. The first kappa shape index (κ1) is 26.7. The number of carbonyl (C=O) groups excluding carboxylic acids is 1. The topological polar surface area (TPSA) is 84.9 Å². The smallest absolute Gasteiger partial charge is 0.243 e. The van der Waals surface area contributed by atoms with E-state index < -0.39 is 15.9 Å². The summed E-state index contributed by atoms with van der Waals surface area (Å²) in [5, 5.41) is 2.90. The normalized spacial score (nSPS) is 12.3. The van der Waals surface area contributed by atoms with E-state index in [0.29, 0.717) is 17.9 Å². The number of nitrogens with zero attached hydrogens (tertiary/aromatic N) is 1. The second-order valence-electron chi connectivity index (χ2n) is 7.93. The Labute approximate surface area is 215 Å². The third-order valence-corrected chi connectivity index (χ3v) is 7.92. The molecule has 7 nitrogen and oxygen atoms in total. The highest BCUT2D eigenvalue weighted by atomic mass is 79.9. The van der Waals surface area contributed by atoms with Crippen molar-refractivity contribution in [3.63, 3.8) is 0 Å². The average molecular weight is 561 g/mol. The molecule has 0 radical (unpaired) electrons. The molecular formula is C26H29BrN2O5S. The molecular weight excluding hydrogens is 532 g/mol. The van der Waals surface area contributed by atoms with Gasteiger partial charge in [0.1, 0.15) is 0 Å². The van der Waals surface area contributed by atoms with Gasteiger partial charge in [0.25, 0.3) is 0 Å². The Hall–Kier alpha value is -2.88. The first-order valence-electron chi connectivity index (χ1n) is 11.1. The summed E-state index contributed by atoms with van der Waals surface area (Å²) in [4.78, 5) is 13.0. The Bertz CT molecular complexity index is 1230. The van der Waals surface area contributed by atoms with Crippen LogP contribution in [0.15, 0.2) is 82.2 Å². The summed E-state index contributed by atoms with van der Waals surface area (Å²) in [5.41, 5.74) is 1.89. The summed E-state index contributed by atoms with van der Waals surface area (Å²) in [6, 6.07) is 21.3. The van der Waals surface area contributed by atoms with Gasteiger partial charge in [0.15, 0.2) is 11.5 Å².